The zero-order chi connectivity index (χ0) is 53.6. The van der Waals surface area contributed by atoms with Gasteiger partial charge < -0.3 is 14.2 Å². The first-order valence-corrected chi connectivity index (χ1v) is 31.2. The van der Waals surface area contributed by atoms with Crippen LogP contribution in [0.15, 0.2) is 97.2 Å². The molecule has 6 heteroatoms. The molecular formula is C68H116O6. The molecule has 0 bridgehead atoms. The van der Waals surface area contributed by atoms with Crippen LogP contribution < -0.4 is 0 Å². The summed E-state index contributed by atoms with van der Waals surface area (Å²) in [5.41, 5.74) is 0. The van der Waals surface area contributed by atoms with Gasteiger partial charge in [0, 0.05) is 19.3 Å². The van der Waals surface area contributed by atoms with Gasteiger partial charge in [-0.2, -0.15) is 0 Å². The largest absolute Gasteiger partial charge is 0.462 e. The van der Waals surface area contributed by atoms with Gasteiger partial charge in [-0.25, -0.2) is 0 Å². The predicted molar refractivity (Wildman–Crippen MR) is 320 cm³/mol. The average Bonchev–Trinajstić information content (AvgIpc) is 3.40. The van der Waals surface area contributed by atoms with Crippen LogP contribution in [0.25, 0.3) is 0 Å². The van der Waals surface area contributed by atoms with Gasteiger partial charge in [0.25, 0.3) is 0 Å². The molecule has 1 atom stereocenters. The number of carbonyl (C=O) groups excluding carboxylic acids is 3. The molecule has 0 amide bonds. The predicted octanol–water partition coefficient (Wildman–Crippen LogP) is 21.3. The van der Waals surface area contributed by atoms with Crippen molar-refractivity contribution in [2.75, 3.05) is 13.2 Å². The van der Waals surface area contributed by atoms with E-state index in [-0.39, 0.29) is 31.1 Å². The molecule has 0 spiro atoms. The highest BCUT2D eigenvalue weighted by molar-refractivity contribution is 5.71. The van der Waals surface area contributed by atoms with Gasteiger partial charge in [-0.3, -0.25) is 14.4 Å². The highest BCUT2D eigenvalue weighted by Crippen LogP contribution is 2.16. The highest BCUT2D eigenvalue weighted by atomic mass is 16.6. The Bertz CT molecular complexity index is 1460. The molecule has 424 valence electrons. The third-order valence-corrected chi connectivity index (χ3v) is 13.3. The van der Waals surface area contributed by atoms with E-state index in [9.17, 15) is 14.4 Å². The van der Waals surface area contributed by atoms with Crippen molar-refractivity contribution in [3.05, 3.63) is 97.2 Å². The van der Waals surface area contributed by atoms with Crippen LogP contribution in [0, 0.1) is 0 Å². The van der Waals surface area contributed by atoms with Gasteiger partial charge >= 0.3 is 17.9 Å². The maximum absolute atomic E-state index is 12.8. The zero-order valence-corrected chi connectivity index (χ0v) is 48.6. The Morgan fingerprint density at radius 2 is 0.527 bits per heavy atom. The summed E-state index contributed by atoms with van der Waals surface area (Å²) >= 11 is 0. The minimum atomic E-state index is -0.788. The number of rotatable bonds is 56. The summed E-state index contributed by atoms with van der Waals surface area (Å²) in [5.74, 6) is -0.909. The van der Waals surface area contributed by atoms with Crippen molar-refractivity contribution in [3.8, 4) is 0 Å². The van der Waals surface area contributed by atoms with Gasteiger partial charge in [-0.1, -0.05) is 279 Å². The first-order valence-electron chi connectivity index (χ1n) is 31.2. The second kappa shape index (κ2) is 61.9. The molecule has 0 aromatic heterocycles. The lowest BCUT2D eigenvalue weighted by Crippen LogP contribution is -2.30. The monoisotopic (exact) mass is 1030 g/mol. The third-order valence-electron chi connectivity index (χ3n) is 13.3. The Balaban J connectivity index is 4.08. The van der Waals surface area contributed by atoms with Crippen molar-refractivity contribution in [2.24, 2.45) is 0 Å². The van der Waals surface area contributed by atoms with E-state index in [1.807, 2.05) is 0 Å². The molecule has 0 aliphatic heterocycles. The first kappa shape index (κ1) is 70.3. The van der Waals surface area contributed by atoms with Crippen molar-refractivity contribution in [2.45, 2.75) is 303 Å². The molecule has 0 heterocycles. The molecule has 1 unspecified atom stereocenters. The van der Waals surface area contributed by atoms with Gasteiger partial charge in [-0.15, -0.1) is 0 Å². The van der Waals surface area contributed by atoms with Crippen LogP contribution in [0.5, 0.6) is 0 Å². The van der Waals surface area contributed by atoms with Crippen molar-refractivity contribution in [3.63, 3.8) is 0 Å². The second-order valence-corrected chi connectivity index (χ2v) is 20.6. The average molecular weight is 1030 g/mol. The maximum atomic E-state index is 12.8. The normalized spacial score (nSPS) is 12.7. The number of hydrogen-bond acceptors (Lipinski definition) is 6. The molecule has 0 fully saturated rings. The van der Waals surface area contributed by atoms with Gasteiger partial charge in [0.15, 0.2) is 6.10 Å². The van der Waals surface area contributed by atoms with E-state index in [1.54, 1.807) is 0 Å². The van der Waals surface area contributed by atoms with E-state index in [0.717, 1.165) is 116 Å². The van der Waals surface area contributed by atoms with Crippen molar-refractivity contribution < 1.29 is 28.6 Å². The van der Waals surface area contributed by atoms with E-state index in [2.05, 4.69) is 118 Å². The summed E-state index contributed by atoms with van der Waals surface area (Å²) in [5, 5.41) is 0. The maximum Gasteiger partial charge on any atom is 0.306 e. The van der Waals surface area contributed by atoms with Crippen LogP contribution in [0.1, 0.15) is 297 Å². The van der Waals surface area contributed by atoms with Gasteiger partial charge in [-0.05, 0) is 96.3 Å². The molecule has 0 aromatic carbocycles. The molecule has 0 aromatic rings. The summed E-state index contributed by atoms with van der Waals surface area (Å²) < 4.78 is 16.8. The minimum Gasteiger partial charge on any atom is -0.462 e. The summed E-state index contributed by atoms with van der Waals surface area (Å²) in [7, 11) is 0. The van der Waals surface area contributed by atoms with E-state index < -0.39 is 6.10 Å². The molecule has 0 rings (SSSR count). The number of unbranched alkanes of at least 4 members (excludes halogenated alkanes) is 29. The number of carbonyl (C=O) groups is 3. The summed E-state index contributed by atoms with van der Waals surface area (Å²) in [6.45, 7) is 6.39. The van der Waals surface area contributed by atoms with E-state index >= 15 is 0 Å². The number of esters is 3. The summed E-state index contributed by atoms with van der Waals surface area (Å²) in [6.07, 6.45) is 83.0. The van der Waals surface area contributed by atoms with Gasteiger partial charge in [0.2, 0.25) is 0 Å². The van der Waals surface area contributed by atoms with Crippen LogP contribution in [0.2, 0.25) is 0 Å². The van der Waals surface area contributed by atoms with Gasteiger partial charge in [0.1, 0.15) is 13.2 Å². The Morgan fingerprint density at radius 3 is 0.838 bits per heavy atom. The molecule has 0 radical (unpaired) electrons. The molecule has 0 N–H and O–H groups in total. The van der Waals surface area contributed by atoms with E-state index in [1.165, 1.54) is 141 Å². The van der Waals surface area contributed by atoms with Crippen LogP contribution in [-0.2, 0) is 28.6 Å². The van der Waals surface area contributed by atoms with Crippen molar-refractivity contribution in [1.82, 2.24) is 0 Å². The Labute approximate surface area is 457 Å². The van der Waals surface area contributed by atoms with Crippen molar-refractivity contribution in [1.29, 1.82) is 0 Å². The zero-order valence-electron chi connectivity index (χ0n) is 48.6. The van der Waals surface area contributed by atoms with E-state index in [0.29, 0.717) is 19.3 Å². The molecule has 0 aliphatic carbocycles. The summed E-state index contributed by atoms with van der Waals surface area (Å²) in [4.78, 5) is 38.1. The fourth-order valence-electron chi connectivity index (χ4n) is 8.72. The smallest absolute Gasteiger partial charge is 0.306 e. The first-order chi connectivity index (χ1) is 36.5. The fourth-order valence-corrected chi connectivity index (χ4v) is 8.72. The Hall–Kier alpha value is -3.67. The highest BCUT2D eigenvalue weighted by Gasteiger charge is 2.19. The lowest BCUT2D eigenvalue weighted by atomic mass is 10.0. The summed E-state index contributed by atoms with van der Waals surface area (Å²) in [6, 6.07) is 0. The quantitative estimate of drug-likeness (QED) is 0.0261. The second-order valence-electron chi connectivity index (χ2n) is 20.6. The molecule has 0 saturated heterocycles. The number of allylic oxidation sites excluding steroid dienone is 16. The van der Waals surface area contributed by atoms with Crippen LogP contribution in [0.3, 0.4) is 0 Å². The molecule has 74 heavy (non-hydrogen) atoms. The number of ether oxygens (including phenoxy) is 3. The Morgan fingerprint density at radius 1 is 0.284 bits per heavy atom. The minimum absolute atomic E-state index is 0.0853. The van der Waals surface area contributed by atoms with Crippen LogP contribution in [0.4, 0.5) is 0 Å². The molecular weight excluding hydrogens is 913 g/mol. The van der Waals surface area contributed by atoms with Crippen LogP contribution in [-0.4, -0.2) is 37.2 Å². The standard InChI is InChI=1S/C68H116O6/c1-4-7-10-13-16-19-22-24-25-26-27-28-29-30-31-32-33-34-35-36-37-38-39-40-41-42-43-45-46-49-52-55-58-61-67(70)73-64-65(63-72-66(69)60-57-54-51-48-21-18-15-12-9-6-3)74-68(71)62-59-56-53-50-47-44-23-20-17-14-11-8-5-2/h7-8,10-11,16-17,19-20,24-25,27-28,30-31,44,47,65H,4-6,9,12-15,18,21-23,26,29,32-43,45-46,48-64H2,1-3H3/b10-7-,11-8-,19-16-,20-17-,25-24-,28-27-,31-30-,47-44-. The lowest BCUT2D eigenvalue weighted by Gasteiger charge is -2.18. The number of hydrogen-bond donors (Lipinski definition) is 0. The SMILES string of the molecule is CC/C=C\C/C=C\C/C=C\C/C=C\C/C=C\CCCCCCCCCCCCCCCCCCCC(=O)OCC(COC(=O)CCCCCCCCCCCC)OC(=O)CCCCC/C=C\C/C=C\C/C=C\CC. The van der Waals surface area contributed by atoms with E-state index in [4.69, 9.17) is 14.2 Å². The molecule has 6 nitrogen and oxygen atoms in total. The molecule has 0 aliphatic rings. The molecule has 0 saturated carbocycles. The topological polar surface area (TPSA) is 78.9 Å². The Kier molecular flexibility index (Phi) is 58.8. The van der Waals surface area contributed by atoms with Crippen molar-refractivity contribution >= 4 is 17.9 Å². The fraction of sp³-hybridized carbons (Fsp3) is 0.721. The third kappa shape index (κ3) is 59.2. The van der Waals surface area contributed by atoms with Gasteiger partial charge in [0.05, 0.1) is 0 Å². The van der Waals surface area contributed by atoms with Crippen LogP contribution >= 0.6 is 0 Å². The lowest BCUT2D eigenvalue weighted by molar-refractivity contribution is -0.167.